The zero-order valence-corrected chi connectivity index (χ0v) is 7.63. The maximum Gasteiger partial charge on any atom is 0.377 e. The lowest BCUT2D eigenvalue weighted by molar-refractivity contribution is -0.187. The zero-order valence-electron chi connectivity index (χ0n) is 7.63. The van der Waals surface area contributed by atoms with Crippen LogP contribution in [0.4, 0.5) is 8.78 Å². The zero-order chi connectivity index (χ0) is 10.6. The van der Waals surface area contributed by atoms with E-state index in [1.54, 1.807) is 6.92 Å². The highest BCUT2D eigenvalue weighted by Gasteiger charge is 2.48. The Hall–Kier alpha value is -0.710. The molecule has 0 saturated heterocycles. The highest BCUT2D eigenvalue weighted by Crippen LogP contribution is 2.26. The van der Waals surface area contributed by atoms with Gasteiger partial charge in [0, 0.05) is 0 Å². The second kappa shape index (κ2) is 4.50. The number of halogens is 2. The molecule has 0 amide bonds. The molecule has 5 heteroatoms. The molecule has 78 valence electrons. The quantitative estimate of drug-likeness (QED) is 0.700. The Morgan fingerprint density at radius 1 is 1.54 bits per heavy atom. The largest absolute Gasteiger partial charge is 0.477 e. The average molecular weight is 196 g/mol. The van der Waals surface area contributed by atoms with E-state index < -0.39 is 23.9 Å². The van der Waals surface area contributed by atoms with Crippen molar-refractivity contribution in [2.24, 2.45) is 5.92 Å². The molecular weight excluding hydrogens is 182 g/mol. The lowest BCUT2D eigenvalue weighted by Crippen LogP contribution is -2.44. The van der Waals surface area contributed by atoms with Crippen LogP contribution in [-0.4, -0.2) is 28.2 Å². The van der Waals surface area contributed by atoms with Crippen LogP contribution in [0.1, 0.15) is 26.7 Å². The van der Waals surface area contributed by atoms with E-state index in [0.717, 1.165) is 0 Å². The van der Waals surface area contributed by atoms with Crippen molar-refractivity contribution in [2.75, 3.05) is 0 Å². The van der Waals surface area contributed by atoms with Crippen molar-refractivity contribution in [3.8, 4) is 0 Å². The molecule has 13 heavy (non-hydrogen) atoms. The highest BCUT2D eigenvalue weighted by molar-refractivity contribution is 5.76. The monoisotopic (exact) mass is 196 g/mol. The average Bonchev–Trinajstić information content (AvgIpc) is 2.03. The minimum absolute atomic E-state index is 0.379. The second-order valence-electron chi connectivity index (χ2n) is 3.14. The van der Waals surface area contributed by atoms with E-state index >= 15 is 0 Å². The first-order valence-corrected chi connectivity index (χ1v) is 4.13. The molecule has 0 aromatic heterocycles. The third kappa shape index (κ3) is 2.91. The van der Waals surface area contributed by atoms with E-state index in [1.807, 2.05) is 0 Å². The predicted octanol–water partition coefficient (Wildman–Crippen LogP) is 1.50. The van der Waals surface area contributed by atoms with Gasteiger partial charge in [-0.15, -0.1) is 0 Å². The fourth-order valence-corrected chi connectivity index (χ4v) is 1.10. The lowest BCUT2D eigenvalue weighted by atomic mass is 9.95. The van der Waals surface area contributed by atoms with Crippen LogP contribution in [0.15, 0.2) is 0 Å². The van der Waals surface area contributed by atoms with Crippen LogP contribution >= 0.6 is 0 Å². The van der Waals surface area contributed by atoms with Gasteiger partial charge in [0.25, 0.3) is 0 Å². The van der Waals surface area contributed by atoms with Crippen LogP contribution in [-0.2, 0) is 4.79 Å². The summed E-state index contributed by atoms with van der Waals surface area (Å²) in [6.07, 6.45) is -1.09. The van der Waals surface area contributed by atoms with Gasteiger partial charge in [-0.3, -0.25) is 0 Å². The van der Waals surface area contributed by atoms with Crippen molar-refractivity contribution in [1.29, 1.82) is 0 Å². The number of aliphatic carboxylic acids is 1. The van der Waals surface area contributed by atoms with Crippen LogP contribution in [0.3, 0.4) is 0 Å². The standard InChI is InChI=1S/C8H14F2O3/c1-3-4-5(2)6(11)8(9,10)7(12)13/h5-6,11H,3-4H2,1-2H3,(H,12,13). The van der Waals surface area contributed by atoms with Crippen LogP contribution in [0, 0.1) is 5.92 Å². The minimum atomic E-state index is -4.05. The molecule has 0 aromatic carbocycles. The summed E-state index contributed by atoms with van der Waals surface area (Å²) in [5.74, 6) is -7.03. The first-order valence-electron chi connectivity index (χ1n) is 4.13. The number of rotatable bonds is 5. The molecule has 0 rings (SSSR count). The highest BCUT2D eigenvalue weighted by atomic mass is 19.3. The fraction of sp³-hybridized carbons (Fsp3) is 0.875. The number of carboxylic acid groups (broad SMARTS) is 1. The first-order chi connectivity index (χ1) is 5.84. The predicted molar refractivity (Wildman–Crippen MR) is 42.7 cm³/mol. The van der Waals surface area contributed by atoms with E-state index in [0.29, 0.717) is 12.8 Å². The van der Waals surface area contributed by atoms with E-state index in [4.69, 9.17) is 10.2 Å². The molecule has 0 spiro atoms. The van der Waals surface area contributed by atoms with Crippen molar-refractivity contribution in [1.82, 2.24) is 0 Å². The molecule has 0 fully saturated rings. The third-order valence-electron chi connectivity index (χ3n) is 1.94. The Labute approximate surface area is 75.4 Å². The van der Waals surface area contributed by atoms with Crippen molar-refractivity contribution < 1.29 is 23.8 Å². The molecule has 2 unspecified atom stereocenters. The Bertz CT molecular complexity index is 182. The summed E-state index contributed by atoms with van der Waals surface area (Å²) in [6.45, 7) is 3.19. The van der Waals surface area contributed by atoms with Crippen LogP contribution in [0.5, 0.6) is 0 Å². The summed E-state index contributed by atoms with van der Waals surface area (Å²) < 4.78 is 25.3. The molecule has 2 atom stereocenters. The summed E-state index contributed by atoms with van der Waals surface area (Å²) in [7, 11) is 0. The number of aliphatic hydroxyl groups is 1. The lowest BCUT2D eigenvalue weighted by Gasteiger charge is -2.23. The molecule has 0 aliphatic heterocycles. The van der Waals surface area contributed by atoms with E-state index in [2.05, 4.69) is 0 Å². The smallest absolute Gasteiger partial charge is 0.377 e. The number of carbonyl (C=O) groups is 1. The molecule has 0 aliphatic rings. The maximum absolute atomic E-state index is 12.7. The Balaban J connectivity index is 4.39. The number of carboxylic acids is 1. The van der Waals surface area contributed by atoms with Gasteiger partial charge in [0.2, 0.25) is 0 Å². The first kappa shape index (κ1) is 12.3. The van der Waals surface area contributed by atoms with Gasteiger partial charge in [-0.05, 0) is 12.3 Å². The maximum atomic E-state index is 12.7. The van der Waals surface area contributed by atoms with Gasteiger partial charge < -0.3 is 10.2 Å². The molecule has 0 bridgehead atoms. The van der Waals surface area contributed by atoms with Crippen molar-refractivity contribution in [3.05, 3.63) is 0 Å². The topological polar surface area (TPSA) is 57.5 Å². The summed E-state index contributed by atoms with van der Waals surface area (Å²) in [5.41, 5.74) is 0. The van der Waals surface area contributed by atoms with Gasteiger partial charge in [-0.2, -0.15) is 8.78 Å². The Morgan fingerprint density at radius 3 is 2.31 bits per heavy atom. The van der Waals surface area contributed by atoms with E-state index in [-0.39, 0.29) is 0 Å². The second-order valence-corrected chi connectivity index (χ2v) is 3.14. The van der Waals surface area contributed by atoms with Gasteiger partial charge in [-0.25, -0.2) is 4.79 Å². The molecule has 2 N–H and O–H groups in total. The normalized spacial score (nSPS) is 16.7. The molecule has 0 aromatic rings. The van der Waals surface area contributed by atoms with Crippen molar-refractivity contribution in [3.63, 3.8) is 0 Å². The van der Waals surface area contributed by atoms with Crippen LogP contribution in [0.25, 0.3) is 0 Å². The molecule has 0 aliphatic carbocycles. The van der Waals surface area contributed by atoms with E-state index in [1.165, 1.54) is 6.92 Å². The van der Waals surface area contributed by atoms with Crippen LogP contribution in [0.2, 0.25) is 0 Å². The van der Waals surface area contributed by atoms with Gasteiger partial charge in [0.15, 0.2) is 0 Å². The van der Waals surface area contributed by atoms with Gasteiger partial charge in [-0.1, -0.05) is 20.3 Å². The summed E-state index contributed by atoms with van der Waals surface area (Å²) in [5, 5.41) is 17.1. The van der Waals surface area contributed by atoms with Gasteiger partial charge in [0.05, 0.1) is 0 Å². The Morgan fingerprint density at radius 2 is 2.00 bits per heavy atom. The number of hydrogen-bond acceptors (Lipinski definition) is 2. The Kier molecular flexibility index (Phi) is 4.26. The van der Waals surface area contributed by atoms with E-state index in [9.17, 15) is 13.6 Å². The fourth-order valence-electron chi connectivity index (χ4n) is 1.10. The summed E-state index contributed by atoms with van der Waals surface area (Å²) in [6, 6.07) is 0. The van der Waals surface area contributed by atoms with Crippen molar-refractivity contribution in [2.45, 2.75) is 38.7 Å². The summed E-state index contributed by atoms with van der Waals surface area (Å²) >= 11 is 0. The van der Waals surface area contributed by atoms with Gasteiger partial charge in [0.1, 0.15) is 6.10 Å². The number of hydrogen-bond donors (Lipinski definition) is 2. The SMILES string of the molecule is CCCC(C)C(O)C(F)(F)C(=O)O. The molecule has 0 radical (unpaired) electrons. The number of aliphatic hydroxyl groups excluding tert-OH is 1. The molecule has 0 heterocycles. The van der Waals surface area contributed by atoms with Crippen molar-refractivity contribution >= 4 is 5.97 Å². The third-order valence-corrected chi connectivity index (χ3v) is 1.94. The summed E-state index contributed by atoms with van der Waals surface area (Å²) in [4.78, 5) is 10.1. The molecular formula is C8H14F2O3. The molecule has 0 saturated carbocycles. The van der Waals surface area contributed by atoms with Crippen LogP contribution < -0.4 is 0 Å². The number of alkyl halides is 2. The minimum Gasteiger partial charge on any atom is -0.477 e. The molecule has 3 nitrogen and oxygen atoms in total. The van der Waals surface area contributed by atoms with Gasteiger partial charge >= 0.3 is 11.9 Å².